The molecular formula is C15H15N3. The smallest absolute Gasteiger partial charge is 0.149 e. The van der Waals surface area contributed by atoms with E-state index in [1.165, 1.54) is 10.8 Å². The minimum atomic E-state index is 0.598. The first-order valence-corrected chi connectivity index (χ1v) is 6.12. The van der Waals surface area contributed by atoms with Gasteiger partial charge in [0.2, 0.25) is 0 Å². The van der Waals surface area contributed by atoms with Crippen LogP contribution >= 0.6 is 0 Å². The van der Waals surface area contributed by atoms with Crippen LogP contribution in [0.25, 0.3) is 22.0 Å². The molecule has 0 saturated carbocycles. The zero-order valence-electron chi connectivity index (χ0n) is 10.3. The van der Waals surface area contributed by atoms with Gasteiger partial charge in [0, 0.05) is 11.1 Å². The van der Waals surface area contributed by atoms with Crippen LogP contribution in [0.2, 0.25) is 0 Å². The van der Waals surface area contributed by atoms with E-state index in [9.17, 15) is 0 Å². The molecule has 0 atom stereocenters. The highest BCUT2D eigenvalue weighted by Crippen LogP contribution is 2.31. The van der Waals surface area contributed by atoms with Gasteiger partial charge >= 0.3 is 0 Å². The summed E-state index contributed by atoms with van der Waals surface area (Å²) in [6.07, 6.45) is 0.876. The van der Waals surface area contributed by atoms with Gasteiger partial charge in [-0.15, -0.1) is 0 Å². The van der Waals surface area contributed by atoms with Crippen molar-refractivity contribution in [2.75, 3.05) is 5.73 Å². The van der Waals surface area contributed by atoms with Gasteiger partial charge in [0.05, 0.1) is 5.69 Å². The van der Waals surface area contributed by atoms with Gasteiger partial charge in [0.25, 0.3) is 0 Å². The molecule has 18 heavy (non-hydrogen) atoms. The van der Waals surface area contributed by atoms with Crippen LogP contribution in [0, 0.1) is 0 Å². The number of nitrogens with one attached hydrogen (secondary N) is 1. The minimum Gasteiger partial charge on any atom is -0.382 e. The quantitative estimate of drug-likeness (QED) is 0.718. The highest BCUT2D eigenvalue weighted by molar-refractivity contribution is 5.96. The van der Waals surface area contributed by atoms with E-state index in [4.69, 9.17) is 5.73 Å². The number of rotatable bonds is 2. The SMILES string of the molecule is CCc1c(N)n[nH]c1-c1cccc2ccccc12. The fourth-order valence-corrected chi connectivity index (χ4v) is 2.40. The average Bonchev–Trinajstić information content (AvgIpc) is 2.79. The van der Waals surface area contributed by atoms with Crippen molar-refractivity contribution in [3.05, 3.63) is 48.0 Å². The number of hydrogen-bond donors (Lipinski definition) is 2. The van der Waals surface area contributed by atoms with Crippen molar-refractivity contribution in [3.8, 4) is 11.3 Å². The Hall–Kier alpha value is -2.29. The van der Waals surface area contributed by atoms with E-state index < -0.39 is 0 Å². The zero-order valence-corrected chi connectivity index (χ0v) is 10.3. The van der Waals surface area contributed by atoms with Crippen LogP contribution < -0.4 is 5.73 Å². The van der Waals surface area contributed by atoms with Gasteiger partial charge < -0.3 is 5.73 Å². The van der Waals surface area contributed by atoms with E-state index in [1.54, 1.807) is 0 Å². The molecule has 0 bridgehead atoms. The fourth-order valence-electron chi connectivity index (χ4n) is 2.40. The van der Waals surface area contributed by atoms with Crippen molar-refractivity contribution in [2.45, 2.75) is 13.3 Å². The molecule has 0 radical (unpaired) electrons. The Morgan fingerprint density at radius 2 is 1.89 bits per heavy atom. The largest absolute Gasteiger partial charge is 0.382 e. The topological polar surface area (TPSA) is 54.7 Å². The maximum absolute atomic E-state index is 5.89. The molecule has 0 amide bonds. The number of H-pyrrole nitrogens is 1. The lowest BCUT2D eigenvalue weighted by molar-refractivity contribution is 1.10. The predicted octanol–water partition coefficient (Wildman–Crippen LogP) is 3.37. The Kier molecular flexibility index (Phi) is 2.52. The van der Waals surface area contributed by atoms with Crippen molar-refractivity contribution < 1.29 is 0 Å². The molecule has 3 nitrogen and oxygen atoms in total. The standard InChI is InChI=1S/C15H15N3/c1-2-11-14(17-18-15(11)16)13-9-5-7-10-6-3-4-8-12(10)13/h3-9H,2H2,1H3,(H3,16,17,18). The summed E-state index contributed by atoms with van der Waals surface area (Å²) in [6, 6.07) is 14.6. The summed E-state index contributed by atoms with van der Waals surface area (Å²) in [6.45, 7) is 2.09. The van der Waals surface area contributed by atoms with Crippen LogP contribution in [0.15, 0.2) is 42.5 Å². The van der Waals surface area contributed by atoms with Gasteiger partial charge in [-0.3, -0.25) is 5.10 Å². The number of anilines is 1. The number of nitrogen functional groups attached to an aromatic ring is 1. The number of nitrogens with zero attached hydrogens (tertiary/aromatic N) is 1. The molecule has 3 heteroatoms. The second kappa shape index (κ2) is 4.18. The number of aromatic amines is 1. The second-order valence-electron chi connectivity index (χ2n) is 4.34. The summed E-state index contributed by atoms with van der Waals surface area (Å²) in [5.74, 6) is 0.598. The molecule has 0 fully saturated rings. The van der Waals surface area contributed by atoms with Crippen LogP contribution in [0.3, 0.4) is 0 Å². The van der Waals surface area contributed by atoms with Crippen molar-refractivity contribution in [1.82, 2.24) is 10.2 Å². The average molecular weight is 237 g/mol. The van der Waals surface area contributed by atoms with E-state index in [0.717, 1.165) is 23.2 Å². The van der Waals surface area contributed by atoms with E-state index in [1.807, 2.05) is 6.07 Å². The van der Waals surface area contributed by atoms with Crippen LogP contribution in [-0.2, 0) is 6.42 Å². The molecule has 0 aliphatic rings. The molecule has 0 aliphatic carbocycles. The van der Waals surface area contributed by atoms with Crippen molar-refractivity contribution in [1.29, 1.82) is 0 Å². The number of aromatic nitrogens is 2. The first-order valence-electron chi connectivity index (χ1n) is 6.12. The van der Waals surface area contributed by atoms with Crippen LogP contribution in [0.1, 0.15) is 12.5 Å². The van der Waals surface area contributed by atoms with Crippen LogP contribution in [-0.4, -0.2) is 10.2 Å². The molecule has 1 heterocycles. The second-order valence-corrected chi connectivity index (χ2v) is 4.34. The Balaban J connectivity index is 2.31. The third-order valence-electron chi connectivity index (χ3n) is 3.31. The van der Waals surface area contributed by atoms with E-state index in [-0.39, 0.29) is 0 Å². The maximum Gasteiger partial charge on any atom is 0.149 e. The molecule has 0 spiro atoms. The fraction of sp³-hybridized carbons (Fsp3) is 0.133. The summed E-state index contributed by atoms with van der Waals surface area (Å²) < 4.78 is 0. The number of fused-ring (bicyclic) bond motifs is 1. The number of hydrogen-bond acceptors (Lipinski definition) is 2. The molecule has 3 N–H and O–H groups in total. The minimum absolute atomic E-state index is 0.598. The Labute approximate surface area is 106 Å². The highest BCUT2D eigenvalue weighted by atomic mass is 15.2. The van der Waals surface area contributed by atoms with E-state index in [0.29, 0.717) is 5.82 Å². The molecule has 0 saturated heterocycles. The normalized spacial score (nSPS) is 10.9. The van der Waals surface area contributed by atoms with Gasteiger partial charge in [-0.25, -0.2) is 0 Å². The predicted molar refractivity (Wildman–Crippen MR) is 75.3 cm³/mol. The molecule has 1 aromatic heterocycles. The van der Waals surface area contributed by atoms with E-state index in [2.05, 4.69) is 53.5 Å². The lowest BCUT2D eigenvalue weighted by Crippen LogP contribution is -1.91. The molecule has 3 rings (SSSR count). The number of benzene rings is 2. The monoisotopic (exact) mass is 237 g/mol. The molecule has 0 aliphatic heterocycles. The first kappa shape index (κ1) is 10.8. The van der Waals surface area contributed by atoms with Crippen molar-refractivity contribution in [2.24, 2.45) is 0 Å². The Morgan fingerprint density at radius 3 is 2.72 bits per heavy atom. The summed E-state index contributed by atoms with van der Waals surface area (Å²) in [5, 5.41) is 9.63. The lowest BCUT2D eigenvalue weighted by Gasteiger charge is -2.06. The maximum atomic E-state index is 5.89. The summed E-state index contributed by atoms with van der Waals surface area (Å²) in [5.41, 5.74) is 9.18. The van der Waals surface area contributed by atoms with Gasteiger partial charge in [-0.1, -0.05) is 49.4 Å². The summed E-state index contributed by atoms with van der Waals surface area (Å²) in [4.78, 5) is 0. The molecule has 0 unspecified atom stereocenters. The first-order chi connectivity index (χ1) is 8.81. The molecular weight excluding hydrogens is 222 g/mol. The van der Waals surface area contributed by atoms with Gasteiger partial charge in [-0.2, -0.15) is 5.10 Å². The van der Waals surface area contributed by atoms with Gasteiger partial charge in [0.1, 0.15) is 5.82 Å². The molecule has 2 aromatic carbocycles. The molecule has 90 valence electrons. The van der Waals surface area contributed by atoms with E-state index >= 15 is 0 Å². The zero-order chi connectivity index (χ0) is 12.5. The summed E-state index contributed by atoms with van der Waals surface area (Å²) >= 11 is 0. The highest BCUT2D eigenvalue weighted by Gasteiger charge is 2.12. The lowest BCUT2D eigenvalue weighted by atomic mass is 9.99. The van der Waals surface area contributed by atoms with Crippen molar-refractivity contribution >= 4 is 16.6 Å². The third-order valence-corrected chi connectivity index (χ3v) is 3.31. The Bertz CT molecular complexity index is 693. The molecule has 3 aromatic rings. The Morgan fingerprint density at radius 1 is 1.11 bits per heavy atom. The summed E-state index contributed by atoms with van der Waals surface area (Å²) in [7, 11) is 0. The van der Waals surface area contributed by atoms with Crippen LogP contribution in [0.5, 0.6) is 0 Å². The van der Waals surface area contributed by atoms with Crippen molar-refractivity contribution in [3.63, 3.8) is 0 Å². The number of nitrogens with two attached hydrogens (primary N) is 1. The third kappa shape index (κ3) is 1.56. The van der Waals surface area contributed by atoms with Gasteiger partial charge in [0.15, 0.2) is 0 Å². The van der Waals surface area contributed by atoms with Gasteiger partial charge in [-0.05, 0) is 17.2 Å². The van der Waals surface area contributed by atoms with Crippen LogP contribution in [0.4, 0.5) is 5.82 Å².